The van der Waals surface area contributed by atoms with Crippen LogP contribution in [0.4, 0.5) is 0 Å². The molecule has 1 aromatic heterocycles. The number of hydrogen-bond acceptors (Lipinski definition) is 5. The van der Waals surface area contributed by atoms with Crippen molar-refractivity contribution in [3.8, 4) is 11.4 Å². The maximum Gasteiger partial charge on any atom is 0.285 e. The molecule has 0 aliphatic heterocycles. The zero-order valence-electron chi connectivity index (χ0n) is 14.8. The van der Waals surface area contributed by atoms with Crippen molar-refractivity contribution in [1.82, 2.24) is 14.3 Å². The monoisotopic (exact) mass is 439 g/mol. The molecular weight excluding hydrogens is 425 g/mol. The van der Waals surface area contributed by atoms with Gasteiger partial charge in [0.05, 0.1) is 12.1 Å². The summed E-state index contributed by atoms with van der Waals surface area (Å²) in [6, 6.07) is 11.0. The van der Waals surface area contributed by atoms with Crippen LogP contribution in [0.3, 0.4) is 0 Å². The van der Waals surface area contributed by atoms with E-state index in [-0.39, 0.29) is 15.6 Å². The molecule has 0 aliphatic rings. The lowest BCUT2D eigenvalue weighted by molar-refractivity contribution is 0.0977. The van der Waals surface area contributed by atoms with Crippen LogP contribution in [0.2, 0.25) is 10.0 Å². The SMILES string of the molecule is COc1ccc(Cl)c(S(=O)(=O)NC(=O)c2cn(-c3ccc(Cl)cc3)c(C)n2)c1. The van der Waals surface area contributed by atoms with Crippen LogP contribution in [0.5, 0.6) is 5.75 Å². The quantitative estimate of drug-likeness (QED) is 0.655. The summed E-state index contributed by atoms with van der Waals surface area (Å²) < 4.78 is 33.8. The van der Waals surface area contributed by atoms with Crippen molar-refractivity contribution >= 4 is 39.1 Å². The molecule has 3 rings (SSSR count). The van der Waals surface area contributed by atoms with Crippen molar-refractivity contribution in [2.45, 2.75) is 11.8 Å². The fourth-order valence-corrected chi connectivity index (χ4v) is 4.09. The Morgan fingerprint density at radius 2 is 1.82 bits per heavy atom. The van der Waals surface area contributed by atoms with Crippen molar-refractivity contribution in [2.75, 3.05) is 7.11 Å². The summed E-state index contributed by atoms with van der Waals surface area (Å²) in [5.41, 5.74) is 0.669. The number of sulfonamides is 1. The van der Waals surface area contributed by atoms with E-state index in [0.717, 1.165) is 5.69 Å². The van der Waals surface area contributed by atoms with Gasteiger partial charge in [0, 0.05) is 23.0 Å². The second-order valence-electron chi connectivity index (χ2n) is 5.75. The first-order valence-electron chi connectivity index (χ1n) is 7.94. The van der Waals surface area contributed by atoms with E-state index in [1.807, 2.05) is 4.72 Å². The van der Waals surface area contributed by atoms with E-state index in [9.17, 15) is 13.2 Å². The summed E-state index contributed by atoms with van der Waals surface area (Å²) in [5, 5.41) is 0.532. The van der Waals surface area contributed by atoms with Crippen LogP contribution in [0.25, 0.3) is 5.69 Å². The van der Waals surface area contributed by atoms with E-state index in [2.05, 4.69) is 4.98 Å². The van der Waals surface area contributed by atoms with Gasteiger partial charge in [-0.2, -0.15) is 0 Å². The highest BCUT2D eigenvalue weighted by atomic mass is 35.5. The third kappa shape index (κ3) is 4.14. The largest absolute Gasteiger partial charge is 0.497 e. The first-order chi connectivity index (χ1) is 13.2. The van der Waals surface area contributed by atoms with Crippen LogP contribution in [-0.2, 0) is 10.0 Å². The molecule has 0 atom stereocenters. The van der Waals surface area contributed by atoms with Crippen molar-refractivity contribution < 1.29 is 17.9 Å². The summed E-state index contributed by atoms with van der Waals surface area (Å²) in [4.78, 5) is 16.4. The van der Waals surface area contributed by atoms with Crippen LogP contribution in [-0.4, -0.2) is 31.0 Å². The molecule has 146 valence electrons. The molecule has 0 saturated heterocycles. The van der Waals surface area contributed by atoms with Gasteiger partial charge in [0.25, 0.3) is 15.9 Å². The molecule has 0 radical (unpaired) electrons. The number of rotatable bonds is 5. The van der Waals surface area contributed by atoms with Crippen LogP contribution in [0.15, 0.2) is 53.6 Å². The minimum Gasteiger partial charge on any atom is -0.497 e. The molecule has 0 aliphatic carbocycles. The summed E-state index contributed by atoms with van der Waals surface area (Å²) in [5.74, 6) is -0.0842. The lowest BCUT2D eigenvalue weighted by Gasteiger charge is -2.09. The van der Waals surface area contributed by atoms with E-state index in [0.29, 0.717) is 16.6 Å². The number of nitrogens with one attached hydrogen (secondary N) is 1. The third-order valence-electron chi connectivity index (χ3n) is 3.87. The second-order valence-corrected chi connectivity index (χ2v) is 8.25. The standard InChI is InChI=1S/C18H15Cl2N3O4S/c1-11-21-16(10-23(11)13-5-3-12(19)4-6-13)18(24)22-28(25,26)17-9-14(27-2)7-8-15(17)20/h3-10H,1-2H3,(H,22,24). The summed E-state index contributed by atoms with van der Waals surface area (Å²) in [6.07, 6.45) is 1.44. The Kier molecular flexibility index (Phi) is 5.64. The molecule has 3 aromatic rings. The lowest BCUT2D eigenvalue weighted by Crippen LogP contribution is -2.31. The number of amides is 1. The van der Waals surface area contributed by atoms with Gasteiger partial charge >= 0.3 is 0 Å². The first-order valence-corrected chi connectivity index (χ1v) is 10.2. The fraction of sp³-hybridized carbons (Fsp3) is 0.111. The number of halogens is 2. The normalized spacial score (nSPS) is 11.3. The smallest absolute Gasteiger partial charge is 0.285 e. The van der Waals surface area contributed by atoms with Gasteiger partial charge in [-0.3, -0.25) is 4.79 Å². The van der Waals surface area contributed by atoms with Gasteiger partial charge in [-0.15, -0.1) is 0 Å². The number of imidazole rings is 1. The van der Waals surface area contributed by atoms with E-state index in [1.54, 1.807) is 35.8 Å². The maximum atomic E-state index is 12.6. The Labute approximate surface area is 171 Å². The molecule has 0 saturated carbocycles. The van der Waals surface area contributed by atoms with Crippen molar-refractivity contribution in [1.29, 1.82) is 0 Å². The highest BCUT2D eigenvalue weighted by molar-refractivity contribution is 7.90. The Balaban J connectivity index is 1.89. The number of nitrogens with zero attached hydrogens (tertiary/aromatic N) is 2. The average molecular weight is 440 g/mol. The molecular formula is C18H15Cl2N3O4S. The summed E-state index contributed by atoms with van der Waals surface area (Å²) >= 11 is 11.9. The van der Waals surface area contributed by atoms with Gasteiger partial charge < -0.3 is 9.30 Å². The predicted octanol–water partition coefficient (Wildman–Crippen LogP) is 3.61. The fourth-order valence-electron chi connectivity index (χ4n) is 2.49. The van der Waals surface area contributed by atoms with Gasteiger partial charge in [0.1, 0.15) is 22.2 Å². The number of hydrogen-bond donors (Lipinski definition) is 1. The van der Waals surface area contributed by atoms with Crippen molar-refractivity contribution in [3.63, 3.8) is 0 Å². The van der Waals surface area contributed by atoms with E-state index in [1.165, 1.54) is 31.5 Å². The highest BCUT2D eigenvalue weighted by Gasteiger charge is 2.24. The Morgan fingerprint density at radius 1 is 1.14 bits per heavy atom. The van der Waals surface area contributed by atoms with Crippen LogP contribution >= 0.6 is 23.2 Å². The molecule has 28 heavy (non-hydrogen) atoms. The molecule has 0 bridgehead atoms. The molecule has 0 spiro atoms. The lowest BCUT2D eigenvalue weighted by atomic mass is 10.3. The molecule has 10 heteroatoms. The van der Waals surface area contributed by atoms with Gasteiger partial charge in [-0.05, 0) is 43.3 Å². The zero-order chi connectivity index (χ0) is 20.5. The zero-order valence-corrected chi connectivity index (χ0v) is 17.1. The minimum absolute atomic E-state index is 0.0380. The Hall–Kier alpha value is -2.55. The number of carbonyl (C=O) groups is 1. The number of methoxy groups -OCH3 is 1. The van der Waals surface area contributed by atoms with Gasteiger partial charge in [-0.1, -0.05) is 23.2 Å². The van der Waals surface area contributed by atoms with E-state index >= 15 is 0 Å². The Bertz CT molecular complexity index is 1140. The predicted molar refractivity (Wildman–Crippen MR) is 106 cm³/mol. The number of aromatic nitrogens is 2. The molecule has 1 N–H and O–H groups in total. The number of carbonyl (C=O) groups excluding carboxylic acids is 1. The third-order valence-corrected chi connectivity index (χ3v) is 5.94. The van der Waals surface area contributed by atoms with Crippen molar-refractivity contribution in [3.05, 3.63) is 70.2 Å². The summed E-state index contributed by atoms with van der Waals surface area (Å²) in [7, 11) is -2.83. The van der Waals surface area contributed by atoms with Crippen LogP contribution in [0.1, 0.15) is 16.3 Å². The molecule has 0 unspecified atom stereocenters. The molecule has 7 nitrogen and oxygen atoms in total. The average Bonchev–Trinajstić information content (AvgIpc) is 3.04. The summed E-state index contributed by atoms with van der Waals surface area (Å²) in [6.45, 7) is 1.69. The molecule has 1 amide bonds. The number of ether oxygens (including phenoxy) is 1. The maximum absolute atomic E-state index is 12.6. The second kappa shape index (κ2) is 7.83. The highest BCUT2D eigenvalue weighted by Crippen LogP contribution is 2.26. The minimum atomic E-state index is -4.22. The van der Waals surface area contributed by atoms with Gasteiger partial charge in [0.15, 0.2) is 0 Å². The van der Waals surface area contributed by atoms with Crippen LogP contribution < -0.4 is 9.46 Å². The Morgan fingerprint density at radius 3 is 2.46 bits per heavy atom. The molecule has 1 heterocycles. The molecule has 0 fully saturated rings. The van der Waals surface area contributed by atoms with Crippen molar-refractivity contribution in [2.24, 2.45) is 0 Å². The number of aryl methyl sites for hydroxylation is 1. The number of benzene rings is 2. The van der Waals surface area contributed by atoms with E-state index < -0.39 is 15.9 Å². The molecule has 2 aromatic carbocycles. The first kappa shape index (κ1) is 20.2. The topological polar surface area (TPSA) is 90.3 Å². The van der Waals surface area contributed by atoms with Gasteiger partial charge in [-0.25, -0.2) is 18.1 Å². The van der Waals surface area contributed by atoms with Gasteiger partial charge in [0.2, 0.25) is 0 Å². The van der Waals surface area contributed by atoms with E-state index in [4.69, 9.17) is 27.9 Å². The van der Waals surface area contributed by atoms with Crippen LogP contribution in [0, 0.1) is 6.92 Å².